The molecular weight excluding hydrogens is 379 g/mol. The van der Waals surface area contributed by atoms with Crippen LogP contribution in [0.1, 0.15) is 18.1 Å². The van der Waals surface area contributed by atoms with Gasteiger partial charge in [-0.3, -0.25) is 19.7 Å². The van der Waals surface area contributed by atoms with Gasteiger partial charge in [-0.2, -0.15) is 13.2 Å². The minimum Gasteiger partial charge on any atom is -0.322 e. The van der Waals surface area contributed by atoms with Gasteiger partial charge in [-0.25, -0.2) is 0 Å². The van der Waals surface area contributed by atoms with Gasteiger partial charge in [0.1, 0.15) is 5.70 Å². The second-order valence-corrected chi connectivity index (χ2v) is 5.62. The first kappa shape index (κ1) is 20.6. The molecule has 146 valence electrons. The van der Waals surface area contributed by atoms with Crippen molar-refractivity contribution >= 4 is 29.3 Å². The Morgan fingerprint density at radius 2 is 1.79 bits per heavy atom. The van der Waals surface area contributed by atoms with E-state index in [9.17, 15) is 32.9 Å². The number of nitro benzene ring substituents is 1. The second kappa shape index (κ2) is 8.33. The summed E-state index contributed by atoms with van der Waals surface area (Å²) in [5.74, 6) is -1.49. The molecule has 0 bridgehead atoms. The summed E-state index contributed by atoms with van der Waals surface area (Å²) >= 11 is 0. The van der Waals surface area contributed by atoms with Gasteiger partial charge in [-0.15, -0.1) is 0 Å². The number of nitrogens with one attached hydrogen (secondary N) is 2. The van der Waals surface area contributed by atoms with E-state index >= 15 is 0 Å². The van der Waals surface area contributed by atoms with Crippen LogP contribution in [0.25, 0.3) is 6.08 Å². The van der Waals surface area contributed by atoms with Crippen LogP contribution in [0.2, 0.25) is 0 Å². The van der Waals surface area contributed by atoms with Crippen molar-refractivity contribution in [2.75, 3.05) is 5.32 Å². The van der Waals surface area contributed by atoms with E-state index in [2.05, 4.69) is 10.6 Å². The quantitative estimate of drug-likeness (QED) is 0.459. The number of amides is 2. The predicted octanol–water partition coefficient (Wildman–Crippen LogP) is 3.73. The molecule has 0 aliphatic rings. The smallest absolute Gasteiger partial charge is 0.322 e. The lowest BCUT2D eigenvalue weighted by Crippen LogP contribution is -2.29. The van der Waals surface area contributed by atoms with Gasteiger partial charge in [0.25, 0.3) is 11.6 Å². The van der Waals surface area contributed by atoms with E-state index in [1.165, 1.54) is 36.4 Å². The summed E-state index contributed by atoms with van der Waals surface area (Å²) in [6.45, 7) is 1.14. The molecule has 7 nitrogen and oxygen atoms in total. The maximum absolute atomic E-state index is 12.8. The first-order valence-corrected chi connectivity index (χ1v) is 7.78. The standard InChI is InChI=1S/C18H14F3N3O4/c1-11(25)22-16(9-12-4-2-7-15(8-12)24(27)28)17(26)23-14-6-3-5-13(10-14)18(19,20)21/h2-10H,1H3,(H,22,25)(H,23,26)/b16-9+. The third-order valence-electron chi connectivity index (χ3n) is 3.40. The second-order valence-electron chi connectivity index (χ2n) is 5.62. The Labute approximate surface area is 157 Å². The zero-order valence-corrected chi connectivity index (χ0v) is 14.4. The molecule has 2 amide bonds. The number of carbonyl (C=O) groups is 2. The number of carbonyl (C=O) groups excluding carboxylic acids is 2. The molecular formula is C18H14F3N3O4. The number of rotatable bonds is 5. The Balaban J connectivity index is 2.33. The Morgan fingerprint density at radius 3 is 2.39 bits per heavy atom. The first-order chi connectivity index (χ1) is 13.1. The third-order valence-corrected chi connectivity index (χ3v) is 3.40. The Bertz CT molecular complexity index is 955. The van der Waals surface area contributed by atoms with Crippen LogP contribution in [0.15, 0.2) is 54.2 Å². The lowest BCUT2D eigenvalue weighted by Gasteiger charge is -2.12. The molecule has 0 aliphatic heterocycles. The van der Waals surface area contributed by atoms with Gasteiger partial charge < -0.3 is 10.6 Å². The summed E-state index contributed by atoms with van der Waals surface area (Å²) in [6.07, 6.45) is -3.41. The molecule has 0 radical (unpaired) electrons. The van der Waals surface area contributed by atoms with Gasteiger partial charge in [-0.1, -0.05) is 18.2 Å². The van der Waals surface area contributed by atoms with Crippen molar-refractivity contribution in [3.8, 4) is 0 Å². The van der Waals surface area contributed by atoms with Crippen LogP contribution < -0.4 is 10.6 Å². The molecule has 28 heavy (non-hydrogen) atoms. The van der Waals surface area contributed by atoms with E-state index in [0.717, 1.165) is 25.1 Å². The molecule has 0 saturated heterocycles. The van der Waals surface area contributed by atoms with Crippen molar-refractivity contribution in [3.63, 3.8) is 0 Å². The molecule has 10 heteroatoms. The maximum atomic E-state index is 12.8. The van der Waals surface area contributed by atoms with Crippen molar-refractivity contribution in [3.05, 3.63) is 75.5 Å². The Morgan fingerprint density at radius 1 is 1.11 bits per heavy atom. The summed E-state index contributed by atoms with van der Waals surface area (Å²) in [5.41, 5.74) is -1.35. The largest absolute Gasteiger partial charge is 0.416 e. The first-order valence-electron chi connectivity index (χ1n) is 7.78. The molecule has 2 N–H and O–H groups in total. The van der Waals surface area contributed by atoms with Crippen LogP contribution in [-0.2, 0) is 15.8 Å². The summed E-state index contributed by atoms with van der Waals surface area (Å²) in [5, 5.41) is 15.4. The van der Waals surface area contributed by atoms with Gasteiger partial charge in [0.2, 0.25) is 5.91 Å². The van der Waals surface area contributed by atoms with Gasteiger partial charge >= 0.3 is 6.18 Å². The highest BCUT2D eigenvalue weighted by Crippen LogP contribution is 2.30. The molecule has 0 spiro atoms. The topological polar surface area (TPSA) is 101 Å². The van der Waals surface area contributed by atoms with Crippen LogP contribution in [0, 0.1) is 10.1 Å². The Kier molecular flexibility index (Phi) is 6.14. The average molecular weight is 393 g/mol. The van der Waals surface area contributed by atoms with Crippen LogP contribution in [0.3, 0.4) is 0 Å². The van der Waals surface area contributed by atoms with E-state index in [4.69, 9.17) is 0 Å². The Hall–Kier alpha value is -3.69. The minimum absolute atomic E-state index is 0.130. The molecule has 0 unspecified atom stereocenters. The lowest BCUT2D eigenvalue weighted by molar-refractivity contribution is -0.384. The highest BCUT2D eigenvalue weighted by atomic mass is 19.4. The number of halogens is 3. The summed E-state index contributed by atoms with van der Waals surface area (Å²) in [7, 11) is 0. The van der Waals surface area contributed by atoms with E-state index in [1.54, 1.807) is 0 Å². The zero-order chi connectivity index (χ0) is 20.9. The number of nitro groups is 1. The lowest BCUT2D eigenvalue weighted by atomic mass is 10.1. The SMILES string of the molecule is CC(=O)N/C(=C/c1cccc([N+](=O)[O-])c1)C(=O)Nc1cccc(C(F)(F)F)c1. The van der Waals surface area contributed by atoms with Crippen LogP contribution >= 0.6 is 0 Å². The normalized spacial score (nSPS) is 11.6. The van der Waals surface area contributed by atoms with Crippen LogP contribution in [0.5, 0.6) is 0 Å². The van der Waals surface area contributed by atoms with Crippen molar-refractivity contribution in [2.24, 2.45) is 0 Å². The number of anilines is 1. The predicted molar refractivity (Wildman–Crippen MR) is 95.0 cm³/mol. The molecule has 0 aliphatic carbocycles. The molecule has 2 rings (SSSR count). The fraction of sp³-hybridized carbons (Fsp3) is 0.111. The number of alkyl halides is 3. The van der Waals surface area contributed by atoms with Crippen molar-refractivity contribution in [2.45, 2.75) is 13.1 Å². The molecule has 2 aromatic rings. The number of nitrogens with zero attached hydrogens (tertiary/aromatic N) is 1. The van der Waals surface area contributed by atoms with Gasteiger partial charge in [-0.05, 0) is 29.8 Å². The summed E-state index contributed by atoms with van der Waals surface area (Å²) in [6, 6.07) is 9.26. The number of benzene rings is 2. The molecule has 0 saturated carbocycles. The molecule has 0 aromatic heterocycles. The number of hydrogen-bond acceptors (Lipinski definition) is 4. The fourth-order valence-corrected chi connectivity index (χ4v) is 2.21. The summed E-state index contributed by atoms with van der Waals surface area (Å²) < 4.78 is 38.4. The fourth-order valence-electron chi connectivity index (χ4n) is 2.21. The molecule has 0 heterocycles. The minimum atomic E-state index is -4.58. The third kappa shape index (κ3) is 5.66. The van der Waals surface area contributed by atoms with Crippen molar-refractivity contribution < 1.29 is 27.7 Å². The van der Waals surface area contributed by atoms with E-state index in [0.29, 0.717) is 0 Å². The van der Waals surface area contributed by atoms with Crippen LogP contribution in [0.4, 0.5) is 24.5 Å². The van der Waals surface area contributed by atoms with Crippen LogP contribution in [-0.4, -0.2) is 16.7 Å². The van der Waals surface area contributed by atoms with Crippen molar-refractivity contribution in [1.82, 2.24) is 5.32 Å². The monoisotopic (exact) mass is 393 g/mol. The van der Waals surface area contributed by atoms with Gasteiger partial charge in [0.05, 0.1) is 10.5 Å². The van der Waals surface area contributed by atoms with Crippen molar-refractivity contribution in [1.29, 1.82) is 0 Å². The van der Waals surface area contributed by atoms with E-state index in [-0.39, 0.29) is 22.6 Å². The highest BCUT2D eigenvalue weighted by molar-refractivity contribution is 6.08. The van der Waals surface area contributed by atoms with Gasteiger partial charge in [0, 0.05) is 24.7 Å². The van der Waals surface area contributed by atoms with Gasteiger partial charge in [0.15, 0.2) is 0 Å². The number of hydrogen-bond donors (Lipinski definition) is 2. The maximum Gasteiger partial charge on any atom is 0.416 e. The zero-order valence-electron chi connectivity index (χ0n) is 14.4. The van der Waals surface area contributed by atoms with E-state index in [1.807, 2.05) is 0 Å². The summed E-state index contributed by atoms with van der Waals surface area (Å²) in [4.78, 5) is 34.0. The molecule has 0 fully saturated rings. The highest BCUT2D eigenvalue weighted by Gasteiger charge is 2.30. The molecule has 0 atom stereocenters. The van der Waals surface area contributed by atoms with E-state index < -0.39 is 28.5 Å². The number of non-ortho nitro benzene ring substituents is 1. The molecule has 2 aromatic carbocycles. The average Bonchev–Trinajstić information content (AvgIpc) is 2.60.